The van der Waals surface area contributed by atoms with Gasteiger partial charge in [-0.2, -0.15) is 0 Å². The Bertz CT molecular complexity index is 3490. The zero-order valence-corrected chi connectivity index (χ0v) is 52.5. The highest BCUT2D eigenvalue weighted by Gasteiger charge is 2.45. The second-order valence-electron chi connectivity index (χ2n) is 27.1. The predicted molar refractivity (Wildman–Crippen MR) is 331 cm³/mol. The van der Waals surface area contributed by atoms with E-state index in [2.05, 4.69) is 40.2 Å². The number of H-pyrrole nitrogens is 2. The lowest BCUT2D eigenvalue weighted by molar-refractivity contribution is -0.143. The molecule has 8 heterocycles. The Morgan fingerprint density at radius 1 is 0.554 bits per heavy atom. The standard InChI is InChI=1S/C66H80F6N12O8/c1-35-27-81(31-55(85)83-33-65(3,4)59-53(83)19-39(63(89)77-59)17-45-47(69)21-41(67)22-48(45)70)43(25-75-35)29-79-11-13-91-57(61(73)87)51(79)15-37-7-9-38(10-8-37)16-52-58(62(74)88)92-14-12-80(52)30-44-26-76-36(2)28-82(44)32-56(86)84-34-66(5,6)60-54(84)20-40(64(90)78-60)18-46-49(71)23-42(68)24-50(46)72/h7-10,19-24,35-36,43-44,51-52,57-58,75-76H,11-18,25-34H2,1-6H3,(H2,73,87)(H2,74,88)(H,77,89)(H,78,90)/t35-,36-,43-,44-,51?,52?,57?,58?/m1/s1. The molecule has 494 valence electrons. The van der Waals surface area contributed by atoms with Crippen LogP contribution >= 0.6 is 0 Å². The van der Waals surface area contributed by atoms with E-state index in [1.807, 2.05) is 65.8 Å². The monoisotopic (exact) mass is 1280 g/mol. The molecule has 4 unspecified atom stereocenters. The molecule has 4 saturated heterocycles. The number of halogens is 6. The molecule has 0 saturated carbocycles. The molecule has 20 nitrogen and oxygen atoms in total. The van der Waals surface area contributed by atoms with Crippen molar-refractivity contribution >= 4 is 35.0 Å². The van der Waals surface area contributed by atoms with Gasteiger partial charge in [-0.3, -0.25) is 48.4 Å². The van der Waals surface area contributed by atoms with Crippen molar-refractivity contribution in [3.8, 4) is 0 Å². The van der Waals surface area contributed by atoms with E-state index in [1.54, 1.807) is 9.80 Å². The van der Waals surface area contributed by atoms with Crippen LogP contribution in [-0.4, -0.2) is 193 Å². The molecule has 0 aliphatic carbocycles. The van der Waals surface area contributed by atoms with Gasteiger partial charge >= 0.3 is 0 Å². The summed E-state index contributed by atoms with van der Waals surface area (Å²) in [5.41, 5.74) is 12.3. The highest BCUT2D eigenvalue weighted by atomic mass is 19.2. The Kier molecular flexibility index (Phi) is 19.1. The van der Waals surface area contributed by atoms with Crippen LogP contribution in [0.25, 0.3) is 0 Å². The van der Waals surface area contributed by atoms with Crippen LogP contribution in [0.1, 0.15) is 86.3 Å². The molecule has 0 radical (unpaired) electrons. The summed E-state index contributed by atoms with van der Waals surface area (Å²) < 4.78 is 99.0. The number of aromatic amines is 2. The SMILES string of the molecule is C[C@@H]1CN(CC(=O)N2CC(C)(C)c3[nH]c(=O)c(Cc4c(F)cc(F)cc4F)cc32)[C@@H](CN2CCOC(C(N)=O)C2Cc2ccc(CC3C(C(N)=O)OCCN3C[C@H]3CN[C@H](C)CN3CC(=O)N3CC(C)(C)c4[nH]c(=O)c(Cc5c(F)cc(F)cc5F)cc43)cc2)CN1. The van der Waals surface area contributed by atoms with Gasteiger partial charge in [-0.25, -0.2) is 26.3 Å². The summed E-state index contributed by atoms with van der Waals surface area (Å²) in [5.74, 6) is -8.43. The fraction of sp³-hybridized carbons (Fsp3) is 0.515. The van der Waals surface area contributed by atoms with E-state index in [0.717, 1.165) is 11.1 Å². The van der Waals surface area contributed by atoms with E-state index in [0.29, 0.717) is 112 Å². The number of piperazine rings is 2. The van der Waals surface area contributed by atoms with E-state index in [-0.39, 0.29) is 86.5 Å². The maximum atomic E-state index is 14.8. The quantitative estimate of drug-likeness (QED) is 0.0691. The molecular weight excluding hydrogens is 1200 g/mol. The number of nitrogens with one attached hydrogen (secondary N) is 4. The number of morpholine rings is 2. The maximum absolute atomic E-state index is 14.8. The number of carbonyl (C=O) groups is 4. The van der Waals surface area contributed by atoms with Crippen LogP contribution in [0.15, 0.2) is 70.3 Å². The minimum Gasteiger partial charge on any atom is -0.367 e. The number of carbonyl (C=O) groups excluding carboxylic acids is 4. The maximum Gasteiger partial charge on any atom is 0.251 e. The number of rotatable bonds is 18. The molecule has 8 N–H and O–H groups in total. The van der Waals surface area contributed by atoms with Crippen LogP contribution in [0.3, 0.4) is 0 Å². The molecule has 0 bridgehead atoms. The molecular formula is C66H80F6N12O8. The van der Waals surface area contributed by atoms with Crippen molar-refractivity contribution in [1.82, 2.24) is 40.2 Å². The second-order valence-corrected chi connectivity index (χ2v) is 27.1. The van der Waals surface area contributed by atoms with Gasteiger partial charge in [-0.05, 0) is 49.9 Å². The number of amides is 4. The first kappa shape index (κ1) is 66.2. The van der Waals surface area contributed by atoms with Crippen molar-refractivity contribution < 1.29 is 55.0 Å². The summed E-state index contributed by atoms with van der Waals surface area (Å²) >= 11 is 0. The number of anilines is 2. The molecule has 26 heteroatoms. The van der Waals surface area contributed by atoms with Crippen LogP contribution < -0.4 is 43.0 Å². The Morgan fingerprint density at radius 2 is 0.913 bits per heavy atom. The number of nitrogens with two attached hydrogens (primary N) is 2. The summed E-state index contributed by atoms with van der Waals surface area (Å²) in [4.78, 5) is 99.9. The van der Waals surface area contributed by atoms with E-state index in [9.17, 15) is 55.1 Å². The third-order valence-electron chi connectivity index (χ3n) is 19.3. The first-order chi connectivity index (χ1) is 43.6. The van der Waals surface area contributed by atoms with E-state index in [1.165, 1.54) is 12.1 Å². The number of ether oxygens (including phenoxy) is 2. The smallest absolute Gasteiger partial charge is 0.251 e. The highest BCUT2D eigenvalue weighted by molar-refractivity contribution is 5.98. The van der Waals surface area contributed by atoms with Crippen LogP contribution in [0.5, 0.6) is 0 Å². The highest BCUT2D eigenvalue weighted by Crippen LogP contribution is 2.41. The summed E-state index contributed by atoms with van der Waals surface area (Å²) in [6.07, 6.45) is -2.12. The Hall–Kier alpha value is -7.30. The minimum atomic E-state index is -1.13. The van der Waals surface area contributed by atoms with Gasteiger partial charge in [-0.1, -0.05) is 52.0 Å². The number of pyridine rings is 2. The molecule has 11 rings (SSSR count). The van der Waals surface area contributed by atoms with Gasteiger partial charge in [-0.15, -0.1) is 0 Å². The zero-order chi connectivity index (χ0) is 65.8. The molecule has 2 aromatic heterocycles. The van der Waals surface area contributed by atoms with Gasteiger partial charge < -0.3 is 51.3 Å². The first-order valence-corrected chi connectivity index (χ1v) is 31.3. The van der Waals surface area contributed by atoms with Crippen LogP contribution in [0.2, 0.25) is 0 Å². The lowest BCUT2D eigenvalue weighted by atomic mass is 9.91. The van der Waals surface area contributed by atoms with Gasteiger partial charge in [0.2, 0.25) is 23.6 Å². The predicted octanol–water partition coefficient (Wildman–Crippen LogP) is 3.25. The molecule has 92 heavy (non-hydrogen) atoms. The number of nitrogens with zero attached hydrogens (tertiary/aromatic N) is 6. The van der Waals surface area contributed by atoms with E-state index >= 15 is 0 Å². The van der Waals surface area contributed by atoms with Crippen molar-refractivity contribution in [1.29, 1.82) is 0 Å². The Morgan fingerprint density at radius 3 is 1.26 bits per heavy atom. The number of primary amides is 2. The lowest BCUT2D eigenvalue weighted by Crippen LogP contribution is -2.64. The van der Waals surface area contributed by atoms with E-state index < -0.39 is 117 Å². The van der Waals surface area contributed by atoms with Gasteiger partial charge in [0, 0.05) is 183 Å². The van der Waals surface area contributed by atoms with Gasteiger partial charge in [0.1, 0.15) is 34.9 Å². The second kappa shape index (κ2) is 26.6. The summed E-state index contributed by atoms with van der Waals surface area (Å²) in [5, 5.41) is 7.10. The van der Waals surface area contributed by atoms with E-state index in [4.69, 9.17) is 20.9 Å². The normalized spacial score (nSPS) is 25.2. The molecule has 8 atom stereocenters. The van der Waals surface area contributed by atoms with Gasteiger partial charge in [0.05, 0.1) is 37.7 Å². The molecule has 6 aliphatic rings. The number of hydrogen-bond acceptors (Lipinski definition) is 14. The molecule has 3 aromatic carbocycles. The first-order valence-electron chi connectivity index (χ1n) is 31.3. The zero-order valence-electron chi connectivity index (χ0n) is 52.5. The fourth-order valence-corrected chi connectivity index (χ4v) is 14.4. The third-order valence-corrected chi connectivity index (χ3v) is 19.3. The third kappa shape index (κ3) is 14.0. The van der Waals surface area contributed by atoms with Crippen LogP contribution in [0, 0.1) is 34.9 Å². The van der Waals surface area contributed by atoms with Gasteiger partial charge in [0.25, 0.3) is 11.1 Å². The number of benzene rings is 3. The van der Waals surface area contributed by atoms with Crippen molar-refractivity contribution in [3.05, 3.63) is 161 Å². The van der Waals surface area contributed by atoms with Crippen LogP contribution in [-0.2, 0) is 65.2 Å². The average Bonchev–Trinajstić information content (AvgIpc) is 1.60. The molecule has 4 amide bonds. The van der Waals surface area contributed by atoms with Crippen molar-refractivity contribution in [2.24, 2.45) is 11.5 Å². The molecule has 0 spiro atoms. The Balaban J connectivity index is 0.767. The fourth-order valence-electron chi connectivity index (χ4n) is 14.4. The number of fused-ring (bicyclic) bond motifs is 2. The average molecular weight is 1280 g/mol. The molecule has 6 aliphatic heterocycles. The summed E-state index contributed by atoms with van der Waals surface area (Å²) in [7, 11) is 0. The Labute approximate surface area is 528 Å². The van der Waals surface area contributed by atoms with Crippen molar-refractivity contribution in [2.75, 3.05) is 102 Å². The summed E-state index contributed by atoms with van der Waals surface area (Å²) in [6, 6.07) is 11.7. The largest absolute Gasteiger partial charge is 0.367 e. The van der Waals surface area contributed by atoms with Gasteiger partial charge in [0.15, 0.2) is 12.2 Å². The summed E-state index contributed by atoms with van der Waals surface area (Å²) in [6.45, 7) is 16.3. The van der Waals surface area contributed by atoms with Crippen molar-refractivity contribution in [2.45, 2.75) is 127 Å². The number of hydrogen-bond donors (Lipinski definition) is 6. The topological polar surface area (TPSA) is 248 Å². The van der Waals surface area contributed by atoms with Crippen LogP contribution in [0.4, 0.5) is 37.7 Å². The minimum absolute atomic E-state index is 0.00950. The molecule has 5 aromatic rings. The lowest BCUT2D eigenvalue weighted by Gasteiger charge is -2.46. The van der Waals surface area contributed by atoms with Crippen molar-refractivity contribution in [3.63, 3.8) is 0 Å². The number of aromatic nitrogens is 2. The molecule has 4 fully saturated rings.